The number of hydrogen-bond donors (Lipinski definition) is 2. The van der Waals surface area contributed by atoms with Crippen molar-refractivity contribution in [3.8, 4) is 0 Å². The quantitative estimate of drug-likeness (QED) is 0.736. The second kappa shape index (κ2) is 4.63. The molecule has 0 atom stereocenters. The molecule has 0 spiro atoms. The van der Waals surface area contributed by atoms with Crippen LogP contribution in [0.2, 0.25) is 0 Å². The summed E-state index contributed by atoms with van der Waals surface area (Å²) in [5.41, 5.74) is -0.785. The highest BCUT2D eigenvalue weighted by Crippen LogP contribution is 2.32. The maximum absolute atomic E-state index is 11.6. The highest BCUT2D eigenvalue weighted by molar-refractivity contribution is 7.89. The Bertz CT molecular complexity index is 329. The summed E-state index contributed by atoms with van der Waals surface area (Å²) in [4.78, 5) is 0. The summed E-state index contributed by atoms with van der Waals surface area (Å²) < 4.78 is 25.8. The molecule has 5 heteroatoms. The van der Waals surface area contributed by atoms with E-state index < -0.39 is 15.6 Å². The minimum atomic E-state index is -3.17. The minimum Gasteiger partial charge on any atom is -0.389 e. The van der Waals surface area contributed by atoms with Gasteiger partial charge in [0.25, 0.3) is 0 Å². The zero-order valence-corrected chi connectivity index (χ0v) is 10.4. The molecule has 0 saturated heterocycles. The van der Waals surface area contributed by atoms with Gasteiger partial charge in [0, 0.05) is 6.54 Å². The van der Waals surface area contributed by atoms with Crippen molar-refractivity contribution in [2.24, 2.45) is 5.92 Å². The third-order valence-corrected chi connectivity index (χ3v) is 5.00. The molecule has 0 aliphatic heterocycles. The smallest absolute Gasteiger partial charge is 0.211 e. The molecule has 2 aliphatic rings. The van der Waals surface area contributed by atoms with Crippen LogP contribution in [0.15, 0.2) is 0 Å². The Hall–Kier alpha value is -0.130. The average Bonchev–Trinajstić information content (AvgIpc) is 2.96. The normalized spacial score (nSPS) is 24.8. The first-order valence-electron chi connectivity index (χ1n) is 6.19. The molecule has 2 aliphatic carbocycles. The fourth-order valence-electron chi connectivity index (χ4n) is 2.25. The molecule has 16 heavy (non-hydrogen) atoms. The topological polar surface area (TPSA) is 66.4 Å². The van der Waals surface area contributed by atoms with Gasteiger partial charge in [-0.1, -0.05) is 25.7 Å². The average molecular weight is 247 g/mol. The molecule has 0 amide bonds. The molecule has 0 aromatic carbocycles. The van der Waals surface area contributed by atoms with Crippen molar-refractivity contribution in [1.82, 2.24) is 4.72 Å². The molecule has 2 rings (SSSR count). The minimum absolute atomic E-state index is 0.194. The predicted octanol–water partition coefficient (Wildman–Crippen LogP) is 1.01. The van der Waals surface area contributed by atoms with Crippen LogP contribution in [0.4, 0.5) is 0 Å². The SMILES string of the molecule is O=S(=O)(CCC1CC1)NCC1(O)CCCC1. The van der Waals surface area contributed by atoms with E-state index in [4.69, 9.17) is 0 Å². The summed E-state index contributed by atoms with van der Waals surface area (Å²) in [6, 6.07) is 0. The maximum atomic E-state index is 11.6. The van der Waals surface area contributed by atoms with Crippen molar-refractivity contribution in [2.75, 3.05) is 12.3 Å². The third kappa shape index (κ3) is 3.71. The van der Waals surface area contributed by atoms with Crippen molar-refractivity contribution >= 4 is 10.0 Å². The van der Waals surface area contributed by atoms with E-state index in [1.807, 2.05) is 0 Å². The van der Waals surface area contributed by atoms with Crippen LogP contribution in [-0.4, -0.2) is 31.4 Å². The maximum Gasteiger partial charge on any atom is 0.211 e. The molecular weight excluding hydrogens is 226 g/mol. The van der Waals surface area contributed by atoms with Crippen LogP contribution in [0.3, 0.4) is 0 Å². The van der Waals surface area contributed by atoms with Gasteiger partial charge >= 0.3 is 0 Å². The van der Waals surface area contributed by atoms with Crippen LogP contribution in [0, 0.1) is 5.92 Å². The van der Waals surface area contributed by atoms with E-state index in [-0.39, 0.29) is 12.3 Å². The van der Waals surface area contributed by atoms with E-state index >= 15 is 0 Å². The second-order valence-electron chi connectivity index (χ2n) is 5.30. The van der Waals surface area contributed by atoms with Crippen molar-refractivity contribution in [1.29, 1.82) is 0 Å². The highest BCUT2D eigenvalue weighted by Gasteiger charge is 2.32. The van der Waals surface area contributed by atoms with E-state index in [9.17, 15) is 13.5 Å². The first-order chi connectivity index (χ1) is 7.49. The van der Waals surface area contributed by atoms with Crippen LogP contribution in [0.25, 0.3) is 0 Å². The summed E-state index contributed by atoms with van der Waals surface area (Å²) in [6.45, 7) is 0.194. The lowest BCUT2D eigenvalue weighted by Crippen LogP contribution is -2.41. The Balaban J connectivity index is 1.74. The molecule has 0 heterocycles. The molecule has 0 radical (unpaired) electrons. The summed E-state index contributed by atoms with van der Waals surface area (Å²) >= 11 is 0. The van der Waals surface area contributed by atoms with Gasteiger partial charge in [-0.15, -0.1) is 0 Å². The van der Waals surface area contributed by atoms with Gasteiger partial charge in [0.1, 0.15) is 0 Å². The fraction of sp³-hybridized carbons (Fsp3) is 1.00. The summed E-state index contributed by atoms with van der Waals surface area (Å²) in [7, 11) is -3.17. The van der Waals surface area contributed by atoms with Gasteiger partial charge in [-0.05, 0) is 25.2 Å². The lowest BCUT2D eigenvalue weighted by molar-refractivity contribution is 0.0532. The number of rotatable bonds is 6. The zero-order chi connectivity index (χ0) is 11.6. The molecular formula is C11H21NO3S. The van der Waals surface area contributed by atoms with E-state index in [1.54, 1.807) is 0 Å². The number of hydrogen-bond acceptors (Lipinski definition) is 3. The van der Waals surface area contributed by atoms with Gasteiger partial charge in [-0.25, -0.2) is 13.1 Å². The summed E-state index contributed by atoms with van der Waals surface area (Å²) in [5.74, 6) is 0.847. The van der Waals surface area contributed by atoms with Gasteiger partial charge < -0.3 is 5.11 Å². The van der Waals surface area contributed by atoms with E-state index in [0.717, 1.165) is 32.1 Å². The Kier molecular flexibility index (Phi) is 3.56. The predicted molar refractivity (Wildman–Crippen MR) is 62.5 cm³/mol. The van der Waals surface area contributed by atoms with Gasteiger partial charge in [-0.2, -0.15) is 0 Å². The van der Waals surface area contributed by atoms with Crippen molar-refractivity contribution in [3.63, 3.8) is 0 Å². The first-order valence-corrected chi connectivity index (χ1v) is 7.84. The van der Waals surface area contributed by atoms with E-state index in [0.29, 0.717) is 5.92 Å². The number of aliphatic hydroxyl groups is 1. The van der Waals surface area contributed by atoms with Crippen molar-refractivity contribution in [3.05, 3.63) is 0 Å². The Labute approximate surface area is 97.5 Å². The third-order valence-electron chi connectivity index (χ3n) is 3.65. The largest absolute Gasteiger partial charge is 0.389 e. The van der Waals surface area contributed by atoms with Gasteiger partial charge in [-0.3, -0.25) is 0 Å². The van der Waals surface area contributed by atoms with E-state index in [1.165, 1.54) is 12.8 Å². The van der Waals surface area contributed by atoms with E-state index in [2.05, 4.69) is 4.72 Å². The van der Waals surface area contributed by atoms with Crippen LogP contribution < -0.4 is 4.72 Å². The second-order valence-corrected chi connectivity index (χ2v) is 7.23. The van der Waals surface area contributed by atoms with Crippen LogP contribution >= 0.6 is 0 Å². The molecule has 2 fully saturated rings. The Morgan fingerprint density at radius 1 is 1.25 bits per heavy atom. The zero-order valence-electron chi connectivity index (χ0n) is 9.61. The molecule has 2 N–H and O–H groups in total. The molecule has 4 nitrogen and oxygen atoms in total. The molecule has 94 valence electrons. The Morgan fingerprint density at radius 2 is 1.88 bits per heavy atom. The van der Waals surface area contributed by atoms with Gasteiger partial charge in [0.05, 0.1) is 11.4 Å². The van der Waals surface area contributed by atoms with Crippen LogP contribution in [0.1, 0.15) is 44.9 Å². The molecule has 0 unspecified atom stereocenters. The lowest BCUT2D eigenvalue weighted by atomic mass is 10.0. The fourth-order valence-corrected chi connectivity index (χ4v) is 3.53. The molecule has 0 aromatic heterocycles. The van der Waals surface area contributed by atoms with Crippen LogP contribution in [-0.2, 0) is 10.0 Å². The van der Waals surface area contributed by atoms with Crippen LogP contribution in [0.5, 0.6) is 0 Å². The summed E-state index contributed by atoms with van der Waals surface area (Å²) in [6.07, 6.45) is 6.57. The Morgan fingerprint density at radius 3 is 2.44 bits per heavy atom. The van der Waals surface area contributed by atoms with Gasteiger partial charge in [0.15, 0.2) is 0 Å². The molecule has 0 aromatic rings. The molecule has 0 bridgehead atoms. The summed E-state index contributed by atoms with van der Waals surface area (Å²) in [5, 5.41) is 10.0. The molecule has 2 saturated carbocycles. The number of nitrogens with one attached hydrogen (secondary N) is 1. The first kappa shape index (κ1) is 12.3. The van der Waals surface area contributed by atoms with Crippen molar-refractivity contribution < 1.29 is 13.5 Å². The van der Waals surface area contributed by atoms with Crippen molar-refractivity contribution in [2.45, 2.75) is 50.5 Å². The number of sulfonamides is 1. The lowest BCUT2D eigenvalue weighted by Gasteiger charge is -2.22. The standard InChI is InChI=1S/C11H21NO3S/c13-11(6-1-2-7-11)9-12-16(14,15)8-5-10-3-4-10/h10,12-13H,1-9H2. The van der Waals surface area contributed by atoms with Gasteiger partial charge in [0.2, 0.25) is 10.0 Å². The monoisotopic (exact) mass is 247 g/mol. The highest BCUT2D eigenvalue weighted by atomic mass is 32.2.